The molecule has 0 N–H and O–H groups in total. The van der Waals surface area contributed by atoms with Crippen LogP contribution in [0.5, 0.6) is 5.75 Å². The lowest BCUT2D eigenvalue weighted by Gasteiger charge is -2.62. The molecule has 1 aliphatic heterocycles. The van der Waals surface area contributed by atoms with Crippen LogP contribution in [0.2, 0.25) is 0 Å². The van der Waals surface area contributed by atoms with E-state index in [-0.39, 0.29) is 22.8 Å². The molecule has 1 aromatic rings. The van der Waals surface area contributed by atoms with E-state index in [1.54, 1.807) is 0 Å². The van der Waals surface area contributed by atoms with E-state index in [9.17, 15) is 4.79 Å². The third kappa shape index (κ3) is 3.62. The zero-order valence-corrected chi connectivity index (χ0v) is 18.2. The Bertz CT molecular complexity index is 797. The summed E-state index contributed by atoms with van der Waals surface area (Å²) in [5, 5.41) is 0. The van der Waals surface area contributed by atoms with Gasteiger partial charge in [-0.15, -0.1) is 0 Å². The number of hydrogen-bond acceptors (Lipinski definition) is 7. The fourth-order valence-corrected chi connectivity index (χ4v) is 6.25. The van der Waals surface area contributed by atoms with Crippen LogP contribution in [0.1, 0.15) is 56.6 Å². The first-order chi connectivity index (χ1) is 14.4. The van der Waals surface area contributed by atoms with Gasteiger partial charge < -0.3 is 18.9 Å². The molecular formula is C23H32N2O5. The smallest absolute Gasteiger partial charge is 0.376 e. The van der Waals surface area contributed by atoms with Crippen molar-refractivity contribution in [3.05, 3.63) is 30.4 Å². The molecule has 7 heteroatoms. The third-order valence-corrected chi connectivity index (χ3v) is 7.75. The minimum Gasteiger partial charge on any atom is -0.490 e. The van der Waals surface area contributed by atoms with Crippen LogP contribution in [0.15, 0.2) is 24.5 Å². The highest BCUT2D eigenvalue weighted by molar-refractivity contribution is 5.84. The zero-order valence-electron chi connectivity index (χ0n) is 18.2. The van der Waals surface area contributed by atoms with Gasteiger partial charge in [0.25, 0.3) is 0 Å². The summed E-state index contributed by atoms with van der Waals surface area (Å²) in [4.78, 5) is 19.5. The lowest BCUT2D eigenvalue weighted by Crippen LogP contribution is -2.60. The Hall–Kier alpha value is -1.99. The summed E-state index contributed by atoms with van der Waals surface area (Å²) in [6.45, 7) is 11.0. The number of allylic oxidation sites excluding steroid dienone is 1. The number of carbonyl (C=O) groups is 1. The maximum absolute atomic E-state index is 11.5. The van der Waals surface area contributed by atoms with Crippen molar-refractivity contribution in [2.24, 2.45) is 22.7 Å². The van der Waals surface area contributed by atoms with Crippen LogP contribution < -0.4 is 4.74 Å². The summed E-state index contributed by atoms with van der Waals surface area (Å²) >= 11 is 0. The number of carbonyl (C=O) groups excluding carboxylic acids is 1. The SMILES string of the molecule is C=C1CCC2C(C)(CCC3OCOC[C@]32C)C1CCOc1cnc(C(=O)OC)nc1. The fourth-order valence-electron chi connectivity index (χ4n) is 6.25. The molecule has 2 aliphatic carbocycles. The first kappa shape index (κ1) is 21.2. The van der Waals surface area contributed by atoms with Crippen LogP contribution in [0, 0.1) is 22.7 Å². The molecule has 1 aromatic heterocycles. The molecule has 30 heavy (non-hydrogen) atoms. The molecule has 2 heterocycles. The molecule has 0 radical (unpaired) electrons. The van der Waals surface area contributed by atoms with Gasteiger partial charge in [0.05, 0.1) is 38.8 Å². The van der Waals surface area contributed by atoms with Gasteiger partial charge in [-0.2, -0.15) is 0 Å². The number of ether oxygens (including phenoxy) is 4. The summed E-state index contributed by atoms with van der Waals surface area (Å²) in [6, 6.07) is 0. The number of fused-ring (bicyclic) bond motifs is 3. The van der Waals surface area contributed by atoms with Gasteiger partial charge in [-0.25, -0.2) is 14.8 Å². The van der Waals surface area contributed by atoms with Crippen molar-refractivity contribution in [2.45, 2.75) is 52.1 Å². The number of methoxy groups -OCH3 is 1. The van der Waals surface area contributed by atoms with Gasteiger partial charge in [-0.05, 0) is 49.4 Å². The standard InChI is InChI=1S/C23H32N2O5/c1-15-5-6-18-22(2,9-7-19-23(18,3)13-28-14-30-19)17(15)8-10-29-16-11-24-20(25-12-16)21(26)27-4/h11-12,17-19H,1,5-10,13-14H2,2-4H3/t17?,18?,19?,22?,23-/m0/s1. The third-order valence-electron chi connectivity index (χ3n) is 7.75. The van der Waals surface area contributed by atoms with Crippen molar-refractivity contribution in [1.82, 2.24) is 9.97 Å². The predicted octanol–water partition coefficient (Wildman–Crippen LogP) is 3.79. The van der Waals surface area contributed by atoms with Gasteiger partial charge in [-0.1, -0.05) is 26.0 Å². The van der Waals surface area contributed by atoms with E-state index in [1.807, 2.05) is 0 Å². The van der Waals surface area contributed by atoms with Gasteiger partial charge in [0.2, 0.25) is 5.82 Å². The normalized spacial score (nSPS) is 35.8. The molecular weight excluding hydrogens is 384 g/mol. The Balaban J connectivity index is 1.43. The maximum Gasteiger partial charge on any atom is 0.376 e. The predicted molar refractivity (Wildman–Crippen MR) is 110 cm³/mol. The Labute approximate surface area is 178 Å². The van der Waals surface area contributed by atoms with E-state index in [0.29, 0.717) is 31.0 Å². The van der Waals surface area contributed by atoms with Gasteiger partial charge in [-0.3, -0.25) is 0 Å². The number of nitrogens with zero attached hydrogens (tertiary/aromatic N) is 2. The fraction of sp³-hybridized carbons (Fsp3) is 0.696. The minimum absolute atomic E-state index is 0.0304. The number of esters is 1. The quantitative estimate of drug-likeness (QED) is 0.534. The van der Waals surface area contributed by atoms with Gasteiger partial charge in [0.15, 0.2) is 5.75 Å². The summed E-state index contributed by atoms with van der Waals surface area (Å²) in [5.41, 5.74) is 1.55. The second kappa shape index (κ2) is 8.27. The van der Waals surface area contributed by atoms with Crippen LogP contribution in [-0.2, 0) is 14.2 Å². The summed E-state index contributed by atoms with van der Waals surface area (Å²) < 4.78 is 22.3. The van der Waals surface area contributed by atoms with E-state index >= 15 is 0 Å². The lowest BCUT2D eigenvalue weighted by atomic mass is 9.46. The van der Waals surface area contributed by atoms with Crippen LogP contribution in [0.3, 0.4) is 0 Å². The van der Waals surface area contributed by atoms with Gasteiger partial charge in [0, 0.05) is 5.41 Å². The largest absolute Gasteiger partial charge is 0.490 e. The highest BCUT2D eigenvalue weighted by atomic mass is 16.7. The second-order valence-electron chi connectivity index (χ2n) is 9.35. The first-order valence-electron chi connectivity index (χ1n) is 10.8. The second-order valence-corrected chi connectivity index (χ2v) is 9.35. The molecule has 164 valence electrons. The molecule has 0 aromatic carbocycles. The topological polar surface area (TPSA) is 79.8 Å². The van der Waals surface area contributed by atoms with Gasteiger partial charge in [0.1, 0.15) is 6.79 Å². The molecule has 4 rings (SSSR count). The van der Waals surface area contributed by atoms with Crippen LogP contribution >= 0.6 is 0 Å². The Morgan fingerprint density at radius 3 is 2.77 bits per heavy atom. The number of hydrogen-bond donors (Lipinski definition) is 0. The maximum atomic E-state index is 11.5. The minimum atomic E-state index is -0.557. The van der Waals surface area contributed by atoms with Gasteiger partial charge >= 0.3 is 5.97 Å². The lowest BCUT2D eigenvalue weighted by molar-refractivity contribution is -0.260. The molecule has 1 saturated heterocycles. The van der Waals surface area contributed by atoms with E-state index < -0.39 is 5.97 Å². The van der Waals surface area contributed by atoms with Crippen molar-refractivity contribution in [3.8, 4) is 5.75 Å². The molecule has 0 amide bonds. The highest BCUT2D eigenvalue weighted by Gasteiger charge is 2.59. The molecule has 2 saturated carbocycles. The van der Waals surface area contributed by atoms with Crippen molar-refractivity contribution >= 4 is 5.97 Å². The van der Waals surface area contributed by atoms with Crippen molar-refractivity contribution in [3.63, 3.8) is 0 Å². The van der Waals surface area contributed by atoms with Crippen molar-refractivity contribution in [2.75, 3.05) is 27.1 Å². The summed E-state index contributed by atoms with van der Waals surface area (Å²) in [5.74, 6) is 0.963. The Morgan fingerprint density at radius 1 is 1.27 bits per heavy atom. The molecule has 4 unspecified atom stereocenters. The zero-order chi connectivity index (χ0) is 21.4. The molecule has 3 aliphatic rings. The molecule has 5 atom stereocenters. The van der Waals surface area contributed by atoms with E-state index in [1.165, 1.54) is 25.1 Å². The van der Waals surface area contributed by atoms with Crippen molar-refractivity contribution < 1.29 is 23.7 Å². The summed E-state index contributed by atoms with van der Waals surface area (Å²) in [6.07, 6.45) is 8.62. The highest BCUT2D eigenvalue weighted by Crippen LogP contribution is 2.62. The average molecular weight is 417 g/mol. The number of aromatic nitrogens is 2. The van der Waals surface area contributed by atoms with E-state index in [2.05, 4.69) is 35.1 Å². The molecule has 3 fully saturated rings. The molecule has 7 nitrogen and oxygen atoms in total. The average Bonchev–Trinajstić information content (AvgIpc) is 2.75. The number of rotatable bonds is 5. The molecule has 0 bridgehead atoms. The summed E-state index contributed by atoms with van der Waals surface area (Å²) in [7, 11) is 1.31. The van der Waals surface area contributed by atoms with Crippen LogP contribution in [0.25, 0.3) is 0 Å². The van der Waals surface area contributed by atoms with Crippen molar-refractivity contribution in [1.29, 1.82) is 0 Å². The van der Waals surface area contributed by atoms with E-state index in [4.69, 9.17) is 14.2 Å². The van der Waals surface area contributed by atoms with E-state index in [0.717, 1.165) is 38.7 Å². The van der Waals surface area contributed by atoms with Crippen LogP contribution in [0.4, 0.5) is 0 Å². The Kier molecular flexibility index (Phi) is 5.86. The van der Waals surface area contributed by atoms with Crippen LogP contribution in [-0.4, -0.2) is 49.2 Å². The molecule has 0 spiro atoms. The first-order valence-corrected chi connectivity index (χ1v) is 10.8. The monoisotopic (exact) mass is 416 g/mol. The Morgan fingerprint density at radius 2 is 2.03 bits per heavy atom.